The fraction of sp³-hybridized carbons (Fsp3) is 0.462. The highest BCUT2D eigenvalue weighted by Crippen LogP contribution is 2.27. The number of hydrogen-bond acceptors (Lipinski definition) is 3. The van der Waals surface area contributed by atoms with Gasteiger partial charge in [0.15, 0.2) is 0 Å². The Morgan fingerprint density at radius 1 is 1.47 bits per heavy atom. The average Bonchev–Trinajstić information content (AvgIpc) is 2.34. The molecule has 1 amide bonds. The fourth-order valence-corrected chi connectivity index (χ4v) is 2.19. The molecule has 1 heterocycles. The number of amides is 1. The number of anilines is 1. The average molecular weight is 234 g/mol. The molecule has 1 atom stereocenters. The molecule has 2 rings (SSSR count). The number of carbonyl (C=O) groups excluding carboxylic acids is 1. The van der Waals surface area contributed by atoms with Gasteiger partial charge in [-0.1, -0.05) is 12.1 Å². The highest BCUT2D eigenvalue weighted by Gasteiger charge is 2.20. The van der Waals surface area contributed by atoms with Crippen molar-refractivity contribution in [2.75, 3.05) is 18.5 Å². The summed E-state index contributed by atoms with van der Waals surface area (Å²) in [5.41, 5.74) is 8.62. The van der Waals surface area contributed by atoms with E-state index in [9.17, 15) is 9.90 Å². The van der Waals surface area contributed by atoms with Gasteiger partial charge in [0.2, 0.25) is 5.91 Å². The summed E-state index contributed by atoms with van der Waals surface area (Å²) in [5, 5.41) is 9.52. The molecule has 1 unspecified atom stereocenters. The van der Waals surface area contributed by atoms with Crippen molar-refractivity contribution in [2.24, 2.45) is 5.73 Å². The Balaban J connectivity index is 2.23. The van der Waals surface area contributed by atoms with Gasteiger partial charge >= 0.3 is 0 Å². The summed E-state index contributed by atoms with van der Waals surface area (Å²) in [6.07, 6.45) is 1.43. The molecule has 1 aliphatic rings. The van der Waals surface area contributed by atoms with E-state index in [4.69, 9.17) is 5.73 Å². The first kappa shape index (κ1) is 12.1. The molecule has 1 aromatic carbocycles. The third kappa shape index (κ3) is 2.48. The minimum atomic E-state index is -0.490. The molecular weight excluding hydrogens is 216 g/mol. The maximum atomic E-state index is 11.5. The van der Waals surface area contributed by atoms with Crippen molar-refractivity contribution in [3.8, 4) is 0 Å². The molecule has 3 N–H and O–H groups in total. The van der Waals surface area contributed by atoms with Crippen molar-refractivity contribution in [3.63, 3.8) is 0 Å². The molecule has 0 bridgehead atoms. The van der Waals surface area contributed by atoms with Gasteiger partial charge in [-0.25, -0.2) is 0 Å². The molecule has 0 aromatic heterocycles. The Bertz CT molecular complexity index is 431. The lowest BCUT2D eigenvalue weighted by molar-refractivity contribution is -0.118. The number of nitrogens with two attached hydrogens (primary N) is 1. The van der Waals surface area contributed by atoms with Crippen LogP contribution in [0.3, 0.4) is 0 Å². The third-order valence-electron chi connectivity index (χ3n) is 3.23. The normalized spacial score (nSPS) is 16.9. The Labute approximate surface area is 101 Å². The van der Waals surface area contributed by atoms with Crippen LogP contribution in [0.1, 0.15) is 17.5 Å². The zero-order chi connectivity index (χ0) is 12.4. The van der Waals surface area contributed by atoms with E-state index in [2.05, 4.69) is 6.07 Å². The van der Waals surface area contributed by atoms with Gasteiger partial charge in [0.05, 0.1) is 6.10 Å². The van der Waals surface area contributed by atoms with Gasteiger partial charge in [0.1, 0.15) is 0 Å². The van der Waals surface area contributed by atoms with E-state index in [-0.39, 0.29) is 12.5 Å². The van der Waals surface area contributed by atoms with Crippen molar-refractivity contribution >= 4 is 11.6 Å². The summed E-state index contributed by atoms with van der Waals surface area (Å²) in [7, 11) is 1.80. The predicted molar refractivity (Wildman–Crippen MR) is 66.9 cm³/mol. The second-order valence-corrected chi connectivity index (χ2v) is 4.51. The van der Waals surface area contributed by atoms with Gasteiger partial charge in [-0.3, -0.25) is 4.79 Å². The van der Waals surface area contributed by atoms with Crippen molar-refractivity contribution in [3.05, 3.63) is 29.3 Å². The molecule has 0 radical (unpaired) electrons. The van der Waals surface area contributed by atoms with Gasteiger partial charge in [-0.05, 0) is 30.0 Å². The molecular formula is C13H18N2O2. The number of rotatable bonds is 3. The molecule has 0 saturated heterocycles. The Hall–Kier alpha value is -1.39. The van der Waals surface area contributed by atoms with E-state index in [0.717, 1.165) is 17.7 Å². The summed E-state index contributed by atoms with van der Waals surface area (Å²) in [6, 6.07) is 5.97. The molecule has 0 fully saturated rings. The first-order valence-electron chi connectivity index (χ1n) is 5.88. The predicted octanol–water partition coefficient (Wildman–Crippen LogP) is 0.458. The Morgan fingerprint density at radius 2 is 2.24 bits per heavy atom. The molecule has 17 heavy (non-hydrogen) atoms. The first-order valence-corrected chi connectivity index (χ1v) is 5.88. The van der Waals surface area contributed by atoms with Crippen LogP contribution >= 0.6 is 0 Å². The molecule has 1 aliphatic heterocycles. The van der Waals surface area contributed by atoms with Gasteiger partial charge in [-0.15, -0.1) is 0 Å². The van der Waals surface area contributed by atoms with Crippen molar-refractivity contribution in [1.29, 1.82) is 0 Å². The number of aliphatic hydroxyl groups is 1. The monoisotopic (exact) mass is 234 g/mol. The van der Waals surface area contributed by atoms with E-state index in [1.54, 1.807) is 11.9 Å². The number of fused-ring (bicyclic) bond motifs is 1. The van der Waals surface area contributed by atoms with Crippen molar-refractivity contribution in [1.82, 2.24) is 0 Å². The zero-order valence-corrected chi connectivity index (χ0v) is 10.0. The summed E-state index contributed by atoms with van der Waals surface area (Å²) in [5.74, 6) is 0.159. The summed E-state index contributed by atoms with van der Waals surface area (Å²) < 4.78 is 0. The number of carbonyl (C=O) groups is 1. The second-order valence-electron chi connectivity index (χ2n) is 4.51. The van der Waals surface area contributed by atoms with Crippen molar-refractivity contribution < 1.29 is 9.90 Å². The van der Waals surface area contributed by atoms with E-state index >= 15 is 0 Å². The SMILES string of the molecule is CN1C(=O)CCc2cc(CC(O)CN)ccc21. The maximum Gasteiger partial charge on any atom is 0.227 e. The summed E-state index contributed by atoms with van der Waals surface area (Å²) in [6.45, 7) is 0.273. The van der Waals surface area contributed by atoms with E-state index in [1.165, 1.54) is 5.56 Å². The lowest BCUT2D eigenvalue weighted by Gasteiger charge is -2.26. The van der Waals surface area contributed by atoms with Crippen LogP contribution in [0.15, 0.2) is 18.2 Å². The highest BCUT2D eigenvalue weighted by atomic mass is 16.3. The smallest absolute Gasteiger partial charge is 0.227 e. The molecule has 0 saturated carbocycles. The van der Waals surface area contributed by atoms with E-state index < -0.39 is 6.10 Å². The van der Waals surface area contributed by atoms with Crippen LogP contribution in [-0.2, 0) is 17.6 Å². The maximum absolute atomic E-state index is 11.5. The topological polar surface area (TPSA) is 66.6 Å². The van der Waals surface area contributed by atoms with Gasteiger partial charge < -0.3 is 15.7 Å². The Kier molecular flexibility index (Phi) is 3.45. The van der Waals surface area contributed by atoms with Crippen molar-refractivity contribution in [2.45, 2.75) is 25.4 Å². The van der Waals surface area contributed by atoms with Crippen LogP contribution in [-0.4, -0.2) is 30.7 Å². The number of hydrogen-bond donors (Lipinski definition) is 2. The zero-order valence-electron chi connectivity index (χ0n) is 10.0. The van der Waals surface area contributed by atoms with Crippen LogP contribution in [0.4, 0.5) is 5.69 Å². The van der Waals surface area contributed by atoms with Gasteiger partial charge in [-0.2, -0.15) is 0 Å². The lowest BCUT2D eigenvalue weighted by atomic mass is 9.97. The van der Waals surface area contributed by atoms with Gasteiger partial charge in [0, 0.05) is 25.7 Å². The van der Waals surface area contributed by atoms with Crippen LogP contribution in [0, 0.1) is 0 Å². The van der Waals surface area contributed by atoms with Gasteiger partial charge in [0.25, 0.3) is 0 Å². The summed E-state index contributed by atoms with van der Waals surface area (Å²) in [4.78, 5) is 13.2. The second kappa shape index (κ2) is 4.85. The highest BCUT2D eigenvalue weighted by molar-refractivity contribution is 5.95. The van der Waals surface area contributed by atoms with E-state index in [0.29, 0.717) is 12.8 Å². The standard InChI is InChI=1S/C13H18N2O2/c1-15-12-4-2-9(7-11(16)8-14)6-10(12)3-5-13(15)17/h2,4,6,11,16H,3,5,7-8,14H2,1H3. The number of aliphatic hydroxyl groups excluding tert-OH is 1. The minimum Gasteiger partial charge on any atom is -0.391 e. The molecule has 92 valence electrons. The number of benzene rings is 1. The molecule has 1 aromatic rings. The van der Waals surface area contributed by atoms with Crippen LogP contribution in [0.2, 0.25) is 0 Å². The van der Waals surface area contributed by atoms with E-state index in [1.807, 2.05) is 12.1 Å². The van der Waals surface area contributed by atoms with Crippen LogP contribution in [0.5, 0.6) is 0 Å². The quantitative estimate of drug-likeness (QED) is 0.798. The molecule has 0 aliphatic carbocycles. The first-order chi connectivity index (χ1) is 8.11. The number of aryl methyl sites for hydroxylation is 1. The van der Waals surface area contributed by atoms with Crippen LogP contribution < -0.4 is 10.6 Å². The fourth-order valence-electron chi connectivity index (χ4n) is 2.19. The molecule has 0 spiro atoms. The molecule has 4 nitrogen and oxygen atoms in total. The largest absolute Gasteiger partial charge is 0.391 e. The lowest BCUT2D eigenvalue weighted by Crippen LogP contribution is -2.31. The summed E-state index contributed by atoms with van der Waals surface area (Å²) >= 11 is 0. The number of nitrogens with zero attached hydrogens (tertiary/aromatic N) is 1. The minimum absolute atomic E-state index is 0.159. The molecule has 4 heteroatoms. The Morgan fingerprint density at radius 3 is 2.94 bits per heavy atom. The van der Waals surface area contributed by atoms with Crippen LogP contribution in [0.25, 0.3) is 0 Å². The third-order valence-corrected chi connectivity index (χ3v) is 3.23.